The molecular weight excluding hydrogens is 390 g/mol. The number of aryl methyl sites for hydroxylation is 1. The number of amides is 1. The molecule has 0 saturated heterocycles. The van der Waals surface area contributed by atoms with Crippen molar-refractivity contribution in [3.05, 3.63) is 59.2 Å². The van der Waals surface area contributed by atoms with Gasteiger partial charge < -0.3 is 0 Å². The van der Waals surface area contributed by atoms with Gasteiger partial charge in [-0.25, -0.2) is 30.7 Å². The van der Waals surface area contributed by atoms with Crippen molar-refractivity contribution in [2.24, 2.45) is 0 Å². The fourth-order valence-corrected chi connectivity index (χ4v) is 3.01. The predicted molar refractivity (Wildman–Crippen MR) is 89.0 cm³/mol. The molecule has 1 amide bonds. The molecule has 2 aromatic carbocycles. The largest absolute Gasteiger partial charge is 0.293 e. The number of halogens is 4. The minimum Gasteiger partial charge on any atom is -0.293 e. The normalized spacial score (nSPS) is 11.3. The van der Waals surface area contributed by atoms with E-state index in [1.165, 1.54) is 12.1 Å². The Bertz CT molecular complexity index is 924. The monoisotopic (exact) mass is 405 g/mol. The molecule has 2 aromatic rings. The van der Waals surface area contributed by atoms with Crippen molar-refractivity contribution < 1.29 is 30.8 Å². The molecule has 0 aromatic heterocycles. The van der Waals surface area contributed by atoms with E-state index in [0.717, 1.165) is 5.56 Å². The topological polar surface area (TPSA) is 87.3 Å². The lowest BCUT2D eigenvalue weighted by Crippen LogP contribution is -2.34. The van der Waals surface area contributed by atoms with Crippen LogP contribution in [0.25, 0.3) is 0 Å². The van der Waals surface area contributed by atoms with Gasteiger partial charge in [0, 0.05) is 19.0 Å². The van der Waals surface area contributed by atoms with Crippen LogP contribution in [0.15, 0.2) is 35.2 Å². The molecule has 0 saturated carbocycles. The number of carbonyl (C=O) groups excluding carboxylic acids is 1. The molecule has 0 radical (unpaired) electrons. The molecule has 3 N–H and O–H groups in total. The Morgan fingerprint density at radius 2 is 1.56 bits per heavy atom. The summed E-state index contributed by atoms with van der Waals surface area (Å²) in [6.07, 6.45) is -0.404. The van der Waals surface area contributed by atoms with Gasteiger partial charge >= 0.3 is 0 Å². The van der Waals surface area contributed by atoms with Gasteiger partial charge in [-0.15, -0.1) is 0 Å². The summed E-state index contributed by atoms with van der Waals surface area (Å²) in [4.78, 5) is 11.6. The maximum atomic E-state index is 13.4. The number of hydrogen-bond acceptors (Lipinski definition) is 4. The van der Waals surface area contributed by atoms with Crippen LogP contribution in [0.2, 0.25) is 0 Å². The zero-order valence-electron chi connectivity index (χ0n) is 13.9. The number of sulfonamides is 1. The molecule has 0 aliphatic rings. The van der Waals surface area contributed by atoms with Crippen LogP contribution in [0.3, 0.4) is 0 Å². The molecule has 2 rings (SSSR count). The number of rotatable bonds is 7. The van der Waals surface area contributed by atoms with Crippen LogP contribution in [0.1, 0.15) is 12.0 Å². The van der Waals surface area contributed by atoms with Crippen LogP contribution in [-0.4, -0.2) is 20.9 Å². The van der Waals surface area contributed by atoms with Crippen molar-refractivity contribution in [2.45, 2.75) is 18.2 Å². The van der Waals surface area contributed by atoms with E-state index < -0.39 is 51.3 Å². The third-order valence-electron chi connectivity index (χ3n) is 3.41. The molecular formula is C16H15F4N3O3S. The highest BCUT2D eigenvalue weighted by Gasteiger charge is 2.19. The molecule has 0 fully saturated rings. The summed E-state index contributed by atoms with van der Waals surface area (Å²) in [5.74, 6) is -7.58. The predicted octanol–water partition coefficient (Wildman–Crippen LogP) is 2.36. The molecule has 0 bridgehead atoms. The van der Waals surface area contributed by atoms with E-state index in [1.54, 1.807) is 24.5 Å². The van der Waals surface area contributed by atoms with Crippen LogP contribution in [0.4, 0.5) is 23.2 Å². The Kier molecular flexibility index (Phi) is 6.39. The van der Waals surface area contributed by atoms with E-state index in [1.807, 2.05) is 5.43 Å². The second kappa shape index (κ2) is 8.35. The lowest BCUT2D eigenvalue weighted by atomic mass is 10.2. The second-order valence-corrected chi connectivity index (χ2v) is 7.24. The zero-order chi connectivity index (χ0) is 20.2. The number of nitrogens with one attached hydrogen (secondary N) is 3. The first kappa shape index (κ1) is 20.6. The first-order chi connectivity index (χ1) is 12.6. The Morgan fingerprint density at radius 1 is 1.00 bits per heavy atom. The van der Waals surface area contributed by atoms with Crippen LogP contribution < -0.4 is 15.6 Å². The highest BCUT2D eigenvalue weighted by atomic mass is 32.2. The third kappa shape index (κ3) is 5.17. The van der Waals surface area contributed by atoms with Crippen molar-refractivity contribution >= 4 is 21.6 Å². The van der Waals surface area contributed by atoms with Gasteiger partial charge in [0.25, 0.3) is 0 Å². The molecule has 0 aliphatic heterocycles. The minimum absolute atomic E-state index is 0.00557. The van der Waals surface area contributed by atoms with Gasteiger partial charge in [0.2, 0.25) is 15.9 Å². The lowest BCUT2D eigenvalue weighted by Gasteiger charge is -2.11. The molecule has 146 valence electrons. The van der Waals surface area contributed by atoms with E-state index in [9.17, 15) is 30.8 Å². The maximum Gasteiger partial charge on any atom is 0.240 e. The number of carbonyl (C=O) groups is 1. The van der Waals surface area contributed by atoms with E-state index in [-0.39, 0.29) is 17.5 Å². The Balaban J connectivity index is 1.90. The van der Waals surface area contributed by atoms with Gasteiger partial charge in [-0.05, 0) is 19.1 Å². The first-order valence-electron chi connectivity index (χ1n) is 7.56. The summed E-state index contributed by atoms with van der Waals surface area (Å²) >= 11 is 0. The Morgan fingerprint density at radius 3 is 2.11 bits per heavy atom. The summed E-state index contributed by atoms with van der Waals surface area (Å²) in [7, 11) is -3.83. The summed E-state index contributed by atoms with van der Waals surface area (Å²) in [5.41, 5.74) is 3.23. The molecule has 27 heavy (non-hydrogen) atoms. The molecule has 0 aliphatic carbocycles. The highest BCUT2D eigenvalue weighted by molar-refractivity contribution is 7.89. The summed E-state index contributed by atoms with van der Waals surface area (Å²) in [6.45, 7) is 1.48. The smallest absolute Gasteiger partial charge is 0.240 e. The summed E-state index contributed by atoms with van der Waals surface area (Å²) in [6, 6.07) is 6.02. The van der Waals surface area contributed by atoms with Gasteiger partial charge in [-0.3, -0.25) is 15.6 Å². The maximum absolute atomic E-state index is 13.4. The molecule has 0 atom stereocenters. The molecule has 6 nitrogen and oxygen atoms in total. The zero-order valence-corrected chi connectivity index (χ0v) is 14.8. The SMILES string of the molecule is Cc1ccc(S(=O)(=O)NCCC(=O)NNc2c(F)c(F)cc(F)c2F)cc1. The molecule has 0 spiro atoms. The van der Waals surface area contributed by atoms with Gasteiger partial charge in [0.05, 0.1) is 4.90 Å². The molecule has 0 heterocycles. The number of hydrazine groups is 1. The third-order valence-corrected chi connectivity index (χ3v) is 4.89. The van der Waals surface area contributed by atoms with Gasteiger partial charge in [-0.2, -0.15) is 0 Å². The fourth-order valence-electron chi connectivity index (χ4n) is 1.98. The quantitative estimate of drug-likeness (QED) is 0.375. The highest BCUT2D eigenvalue weighted by Crippen LogP contribution is 2.23. The molecule has 0 unspecified atom stereocenters. The standard InChI is InChI=1S/C16H15F4N3O3S/c1-9-2-4-10(5-3-9)27(25,26)21-7-6-13(24)22-23-16-14(19)11(17)8-12(18)15(16)20/h2-5,8,21,23H,6-7H2,1H3,(H,22,24). The summed E-state index contributed by atoms with van der Waals surface area (Å²) in [5, 5.41) is 0. The Hall–Kier alpha value is -2.66. The van der Waals surface area contributed by atoms with Crippen molar-refractivity contribution in [1.29, 1.82) is 0 Å². The number of hydrogen-bond donors (Lipinski definition) is 3. The van der Waals surface area contributed by atoms with E-state index in [2.05, 4.69) is 4.72 Å². The minimum atomic E-state index is -3.83. The number of anilines is 1. The van der Waals surface area contributed by atoms with Crippen molar-refractivity contribution in [2.75, 3.05) is 12.0 Å². The summed E-state index contributed by atoms with van der Waals surface area (Å²) < 4.78 is 79.2. The average molecular weight is 405 g/mol. The van der Waals surface area contributed by atoms with Gasteiger partial charge in [0.1, 0.15) is 5.69 Å². The average Bonchev–Trinajstić information content (AvgIpc) is 2.60. The van der Waals surface area contributed by atoms with Gasteiger partial charge in [-0.1, -0.05) is 17.7 Å². The van der Waals surface area contributed by atoms with E-state index in [4.69, 9.17) is 0 Å². The van der Waals surface area contributed by atoms with E-state index >= 15 is 0 Å². The van der Waals surface area contributed by atoms with Crippen molar-refractivity contribution in [1.82, 2.24) is 10.1 Å². The Labute approximate surface area is 152 Å². The van der Waals surface area contributed by atoms with Crippen molar-refractivity contribution in [3.63, 3.8) is 0 Å². The fraction of sp³-hybridized carbons (Fsp3) is 0.188. The van der Waals surface area contributed by atoms with Crippen LogP contribution in [-0.2, 0) is 14.8 Å². The lowest BCUT2D eigenvalue weighted by molar-refractivity contribution is -0.120. The van der Waals surface area contributed by atoms with Crippen molar-refractivity contribution in [3.8, 4) is 0 Å². The van der Waals surface area contributed by atoms with Crippen LogP contribution in [0, 0.1) is 30.2 Å². The van der Waals surface area contributed by atoms with Gasteiger partial charge in [0.15, 0.2) is 23.3 Å². The second-order valence-electron chi connectivity index (χ2n) is 5.48. The number of benzene rings is 2. The van der Waals surface area contributed by atoms with Crippen LogP contribution >= 0.6 is 0 Å². The van der Waals surface area contributed by atoms with Crippen LogP contribution in [0.5, 0.6) is 0 Å². The molecule has 11 heteroatoms. The first-order valence-corrected chi connectivity index (χ1v) is 9.04. The van der Waals surface area contributed by atoms with E-state index in [0.29, 0.717) is 0 Å².